The second-order valence-corrected chi connectivity index (χ2v) is 8.24. The molecule has 1 aliphatic rings. The topological polar surface area (TPSA) is 80.5 Å². The van der Waals surface area contributed by atoms with Gasteiger partial charge in [-0.3, -0.25) is 0 Å². The molecule has 0 aliphatic carbocycles. The van der Waals surface area contributed by atoms with Gasteiger partial charge in [0.15, 0.2) is 5.82 Å². The smallest absolute Gasteiger partial charge is 0.330 e. The van der Waals surface area contributed by atoms with Gasteiger partial charge >= 0.3 is 6.01 Å². The number of aryl methyl sites for hydroxylation is 2. The highest BCUT2D eigenvalue weighted by Crippen LogP contribution is 2.51. The van der Waals surface area contributed by atoms with Crippen LogP contribution in [0.3, 0.4) is 0 Å². The molecule has 0 bridgehead atoms. The van der Waals surface area contributed by atoms with Crippen molar-refractivity contribution in [3.8, 4) is 0 Å². The molecule has 1 aromatic heterocycles. The number of nitrogens with two attached hydrogens (primary N) is 1. The number of hydrogen-bond donors (Lipinski definition) is 1. The maximum Gasteiger partial charge on any atom is 0.346 e. The molecule has 0 spiro atoms. The van der Waals surface area contributed by atoms with Gasteiger partial charge in [-0.25, -0.2) is 4.39 Å². The van der Waals surface area contributed by atoms with Crippen molar-refractivity contribution in [3.05, 3.63) is 76.9 Å². The standard InChI is InChI=1S/C21H22FN5OS/c1-14-9-10-18(22)17(13-14)19-25-27(20-24-15(2)26-28-20)21(29-19,11-6-12-23)16-7-4-3-5-8-16/h3-5,7-10,13H,6,11-12,23H2,1-2H3. The Hall–Kier alpha value is -2.71. The number of hydrogen-bond acceptors (Lipinski definition) is 7. The Morgan fingerprint density at radius 3 is 2.66 bits per heavy atom. The minimum atomic E-state index is -0.662. The molecular weight excluding hydrogens is 389 g/mol. The lowest BCUT2D eigenvalue weighted by Gasteiger charge is -2.34. The van der Waals surface area contributed by atoms with Crippen LogP contribution in [0.4, 0.5) is 10.4 Å². The quantitative estimate of drug-likeness (QED) is 0.650. The van der Waals surface area contributed by atoms with Crippen molar-refractivity contribution in [2.75, 3.05) is 11.6 Å². The minimum Gasteiger partial charge on any atom is -0.330 e. The summed E-state index contributed by atoms with van der Waals surface area (Å²) in [5, 5.41) is 11.0. The maximum atomic E-state index is 14.7. The summed E-state index contributed by atoms with van der Waals surface area (Å²) in [7, 11) is 0. The SMILES string of the molecule is Cc1ccc(F)c(C2=NN(c3nc(C)no3)C(CCCN)(c3ccccc3)S2)c1. The molecule has 1 unspecified atom stereocenters. The van der Waals surface area contributed by atoms with E-state index in [1.54, 1.807) is 18.0 Å². The van der Waals surface area contributed by atoms with Gasteiger partial charge in [0.05, 0.1) is 0 Å². The van der Waals surface area contributed by atoms with E-state index >= 15 is 0 Å². The van der Waals surface area contributed by atoms with Crippen molar-refractivity contribution in [2.24, 2.45) is 10.8 Å². The van der Waals surface area contributed by atoms with Crippen LogP contribution in [0.15, 0.2) is 58.2 Å². The van der Waals surface area contributed by atoms with Crippen LogP contribution in [0.1, 0.15) is 35.4 Å². The molecule has 0 saturated heterocycles. The third-order valence-electron chi connectivity index (χ3n) is 4.79. The predicted molar refractivity (Wildman–Crippen MR) is 113 cm³/mol. The summed E-state index contributed by atoms with van der Waals surface area (Å²) in [6.45, 7) is 4.21. The van der Waals surface area contributed by atoms with Crippen molar-refractivity contribution in [1.29, 1.82) is 0 Å². The van der Waals surface area contributed by atoms with Gasteiger partial charge < -0.3 is 10.3 Å². The third-order valence-corrected chi connectivity index (χ3v) is 6.24. The Balaban J connectivity index is 1.88. The van der Waals surface area contributed by atoms with Crippen molar-refractivity contribution in [1.82, 2.24) is 10.1 Å². The zero-order valence-electron chi connectivity index (χ0n) is 16.3. The normalized spacial score (nSPS) is 18.9. The average molecular weight is 412 g/mol. The van der Waals surface area contributed by atoms with E-state index in [-0.39, 0.29) is 11.8 Å². The Labute approximate surface area is 173 Å². The largest absolute Gasteiger partial charge is 0.346 e. The first kappa shape index (κ1) is 19.6. The molecular formula is C21H22FN5OS. The Morgan fingerprint density at radius 2 is 1.97 bits per heavy atom. The lowest BCUT2D eigenvalue weighted by atomic mass is 10.0. The van der Waals surface area contributed by atoms with E-state index in [1.807, 2.05) is 43.3 Å². The molecule has 29 heavy (non-hydrogen) atoms. The van der Waals surface area contributed by atoms with E-state index < -0.39 is 4.87 Å². The maximum absolute atomic E-state index is 14.7. The number of aromatic nitrogens is 2. The van der Waals surface area contributed by atoms with E-state index in [4.69, 9.17) is 15.4 Å². The van der Waals surface area contributed by atoms with Crippen LogP contribution in [0, 0.1) is 19.7 Å². The molecule has 1 aliphatic heterocycles. The van der Waals surface area contributed by atoms with Gasteiger partial charge in [0.25, 0.3) is 0 Å². The molecule has 0 fully saturated rings. The number of thioether (sulfide) groups is 1. The zero-order valence-corrected chi connectivity index (χ0v) is 17.1. The van der Waals surface area contributed by atoms with E-state index in [2.05, 4.69) is 10.1 Å². The predicted octanol–water partition coefficient (Wildman–Crippen LogP) is 4.33. The molecule has 0 saturated carbocycles. The highest BCUT2D eigenvalue weighted by atomic mass is 32.2. The molecule has 8 heteroatoms. The summed E-state index contributed by atoms with van der Waals surface area (Å²) in [4.78, 5) is 3.73. The lowest BCUT2D eigenvalue weighted by molar-refractivity contribution is 0.386. The second-order valence-electron chi connectivity index (χ2n) is 6.97. The van der Waals surface area contributed by atoms with E-state index in [0.717, 1.165) is 17.5 Å². The van der Waals surface area contributed by atoms with E-state index in [9.17, 15) is 4.39 Å². The monoisotopic (exact) mass is 411 g/mol. The number of halogens is 1. The van der Waals surface area contributed by atoms with Crippen LogP contribution in [-0.2, 0) is 4.87 Å². The number of benzene rings is 2. The van der Waals surface area contributed by atoms with E-state index in [0.29, 0.717) is 29.4 Å². The summed E-state index contributed by atoms with van der Waals surface area (Å²) in [5.74, 6) is 0.197. The summed E-state index contributed by atoms with van der Waals surface area (Å²) < 4.78 is 20.1. The first-order valence-electron chi connectivity index (χ1n) is 9.44. The minimum absolute atomic E-state index is 0.277. The number of nitrogens with zero attached hydrogens (tertiary/aromatic N) is 4. The highest BCUT2D eigenvalue weighted by molar-refractivity contribution is 8.15. The average Bonchev–Trinajstić information content (AvgIpc) is 3.33. The summed E-state index contributed by atoms with van der Waals surface area (Å²) in [6, 6.07) is 15.3. The summed E-state index contributed by atoms with van der Waals surface area (Å²) in [6.07, 6.45) is 1.44. The molecule has 1 atom stereocenters. The van der Waals surface area contributed by atoms with Gasteiger partial charge in [-0.1, -0.05) is 58.9 Å². The van der Waals surface area contributed by atoms with E-state index in [1.165, 1.54) is 17.8 Å². The van der Waals surface area contributed by atoms with Gasteiger partial charge in [0.1, 0.15) is 15.7 Å². The van der Waals surface area contributed by atoms with Gasteiger partial charge in [-0.2, -0.15) is 15.1 Å². The first-order chi connectivity index (χ1) is 14.0. The fourth-order valence-electron chi connectivity index (χ4n) is 3.40. The molecule has 2 heterocycles. The molecule has 0 radical (unpaired) electrons. The summed E-state index contributed by atoms with van der Waals surface area (Å²) in [5.41, 5.74) is 8.28. The van der Waals surface area contributed by atoms with Crippen LogP contribution in [0.5, 0.6) is 0 Å². The second kappa shape index (κ2) is 7.96. The number of hydrazone groups is 1. The van der Waals surface area contributed by atoms with Gasteiger partial charge in [0.2, 0.25) is 0 Å². The van der Waals surface area contributed by atoms with Crippen molar-refractivity contribution in [3.63, 3.8) is 0 Å². The van der Waals surface area contributed by atoms with Crippen LogP contribution in [0.2, 0.25) is 0 Å². The molecule has 150 valence electrons. The Bertz CT molecular complexity index is 1040. The lowest BCUT2D eigenvalue weighted by Crippen LogP contribution is -2.38. The van der Waals surface area contributed by atoms with Crippen LogP contribution >= 0.6 is 11.8 Å². The molecule has 6 nitrogen and oxygen atoms in total. The van der Waals surface area contributed by atoms with Gasteiger partial charge in [-0.05, 0) is 50.9 Å². The third kappa shape index (κ3) is 3.65. The van der Waals surface area contributed by atoms with Gasteiger partial charge in [-0.15, -0.1) is 0 Å². The number of rotatable bonds is 6. The Kier molecular flexibility index (Phi) is 5.38. The molecule has 2 N–H and O–H groups in total. The molecule has 2 aromatic carbocycles. The van der Waals surface area contributed by atoms with Crippen LogP contribution in [-0.4, -0.2) is 21.7 Å². The first-order valence-corrected chi connectivity index (χ1v) is 10.3. The fourth-order valence-corrected chi connectivity index (χ4v) is 4.81. The highest BCUT2D eigenvalue weighted by Gasteiger charge is 2.48. The molecule has 4 rings (SSSR count). The van der Waals surface area contributed by atoms with Crippen LogP contribution in [0.25, 0.3) is 0 Å². The van der Waals surface area contributed by atoms with Crippen molar-refractivity contribution >= 4 is 22.8 Å². The summed E-state index contributed by atoms with van der Waals surface area (Å²) >= 11 is 1.49. The Morgan fingerprint density at radius 1 is 1.17 bits per heavy atom. The fraction of sp³-hybridized carbons (Fsp3) is 0.286. The number of anilines is 1. The van der Waals surface area contributed by atoms with Crippen LogP contribution < -0.4 is 10.7 Å². The molecule has 3 aromatic rings. The van der Waals surface area contributed by atoms with Crippen molar-refractivity contribution in [2.45, 2.75) is 31.6 Å². The molecule has 0 amide bonds. The zero-order chi connectivity index (χ0) is 20.4. The van der Waals surface area contributed by atoms with Gasteiger partial charge in [0, 0.05) is 5.56 Å². The van der Waals surface area contributed by atoms with Crippen molar-refractivity contribution < 1.29 is 8.91 Å².